The minimum absolute atomic E-state index is 0. The molecule has 3 amide bonds. The third-order valence-electron chi connectivity index (χ3n) is 3.94. The zero-order valence-corrected chi connectivity index (χ0v) is 14.2. The first-order valence-electron chi connectivity index (χ1n) is 7.74. The van der Waals surface area contributed by atoms with Gasteiger partial charge in [0, 0.05) is 39.3 Å². The van der Waals surface area contributed by atoms with Gasteiger partial charge in [-0.3, -0.25) is 4.79 Å². The van der Waals surface area contributed by atoms with Gasteiger partial charge in [0.05, 0.1) is 5.92 Å². The molecule has 128 valence electrons. The summed E-state index contributed by atoms with van der Waals surface area (Å²) >= 11 is 0. The van der Waals surface area contributed by atoms with Crippen LogP contribution in [-0.4, -0.2) is 61.0 Å². The van der Waals surface area contributed by atoms with Crippen LogP contribution in [-0.2, 0) is 4.79 Å². The summed E-state index contributed by atoms with van der Waals surface area (Å²) in [7, 11) is 0. The number of piperazine rings is 1. The summed E-state index contributed by atoms with van der Waals surface area (Å²) in [5.41, 5.74) is 6.75. The van der Waals surface area contributed by atoms with Crippen molar-refractivity contribution in [3.05, 3.63) is 35.9 Å². The summed E-state index contributed by atoms with van der Waals surface area (Å²) < 4.78 is 0. The topological polar surface area (TPSA) is 78.7 Å². The molecule has 1 fully saturated rings. The van der Waals surface area contributed by atoms with E-state index < -0.39 is 0 Å². The van der Waals surface area contributed by atoms with Gasteiger partial charge in [-0.25, -0.2) is 4.79 Å². The average molecular weight is 341 g/mol. The molecule has 1 atom stereocenters. The van der Waals surface area contributed by atoms with E-state index in [-0.39, 0.29) is 30.3 Å². The highest BCUT2D eigenvalue weighted by molar-refractivity contribution is 5.85. The van der Waals surface area contributed by atoms with E-state index in [2.05, 4.69) is 5.32 Å². The first kappa shape index (κ1) is 19.3. The fourth-order valence-electron chi connectivity index (χ4n) is 2.68. The van der Waals surface area contributed by atoms with Crippen molar-refractivity contribution in [1.82, 2.24) is 15.1 Å². The third-order valence-corrected chi connectivity index (χ3v) is 3.94. The maximum absolute atomic E-state index is 12.7. The van der Waals surface area contributed by atoms with Crippen LogP contribution in [0.2, 0.25) is 0 Å². The summed E-state index contributed by atoms with van der Waals surface area (Å²) in [6.07, 6.45) is 0. The van der Waals surface area contributed by atoms with Gasteiger partial charge in [0.2, 0.25) is 5.91 Å². The lowest BCUT2D eigenvalue weighted by Crippen LogP contribution is -2.54. The molecule has 0 aromatic heterocycles. The number of nitrogens with zero attached hydrogens (tertiary/aromatic N) is 2. The van der Waals surface area contributed by atoms with Crippen molar-refractivity contribution in [2.24, 2.45) is 5.73 Å². The van der Waals surface area contributed by atoms with E-state index >= 15 is 0 Å². The van der Waals surface area contributed by atoms with Crippen LogP contribution in [0, 0.1) is 0 Å². The number of halogens is 1. The molecule has 1 aliphatic rings. The van der Waals surface area contributed by atoms with Gasteiger partial charge in [-0.05, 0) is 12.5 Å². The molecule has 1 aliphatic heterocycles. The predicted molar refractivity (Wildman–Crippen MR) is 92.7 cm³/mol. The Hall–Kier alpha value is -1.79. The molecular formula is C16H25ClN4O2. The van der Waals surface area contributed by atoms with Gasteiger partial charge in [0.25, 0.3) is 0 Å². The molecule has 0 spiro atoms. The maximum atomic E-state index is 12.7. The monoisotopic (exact) mass is 340 g/mol. The molecule has 1 aromatic carbocycles. The van der Waals surface area contributed by atoms with Crippen LogP contribution in [0.1, 0.15) is 18.4 Å². The van der Waals surface area contributed by atoms with E-state index in [1.807, 2.05) is 37.3 Å². The lowest BCUT2D eigenvalue weighted by atomic mass is 9.97. The lowest BCUT2D eigenvalue weighted by molar-refractivity contribution is -0.134. The number of nitrogens with two attached hydrogens (primary N) is 1. The summed E-state index contributed by atoms with van der Waals surface area (Å²) in [6, 6.07) is 9.55. The second kappa shape index (κ2) is 9.37. The third kappa shape index (κ3) is 4.84. The van der Waals surface area contributed by atoms with Crippen molar-refractivity contribution in [1.29, 1.82) is 0 Å². The van der Waals surface area contributed by atoms with Crippen LogP contribution in [0.5, 0.6) is 0 Å². The number of benzene rings is 1. The van der Waals surface area contributed by atoms with Crippen molar-refractivity contribution >= 4 is 24.3 Å². The van der Waals surface area contributed by atoms with Crippen molar-refractivity contribution < 1.29 is 9.59 Å². The molecule has 0 bridgehead atoms. The molecule has 23 heavy (non-hydrogen) atoms. The molecule has 3 N–H and O–H groups in total. The number of carbonyl (C=O) groups excluding carboxylic acids is 2. The van der Waals surface area contributed by atoms with Gasteiger partial charge in [-0.2, -0.15) is 0 Å². The highest BCUT2D eigenvalue weighted by Gasteiger charge is 2.28. The normalized spacial score (nSPS) is 15.6. The number of amides is 3. The van der Waals surface area contributed by atoms with Crippen LogP contribution >= 0.6 is 12.4 Å². The SMILES string of the molecule is CCNC(=O)N1CCN(C(=O)C(CN)c2ccccc2)CC1.Cl. The van der Waals surface area contributed by atoms with E-state index in [4.69, 9.17) is 5.73 Å². The molecule has 1 heterocycles. The quantitative estimate of drug-likeness (QED) is 0.859. The van der Waals surface area contributed by atoms with Crippen molar-refractivity contribution in [3.8, 4) is 0 Å². The largest absolute Gasteiger partial charge is 0.339 e. The van der Waals surface area contributed by atoms with Gasteiger partial charge in [-0.1, -0.05) is 30.3 Å². The van der Waals surface area contributed by atoms with Gasteiger partial charge in [0.15, 0.2) is 0 Å². The molecule has 0 aliphatic carbocycles. The van der Waals surface area contributed by atoms with Gasteiger partial charge in [-0.15, -0.1) is 12.4 Å². The molecule has 0 radical (unpaired) electrons. The van der Waals surface area contributed by atoms with Crippen molar-refractivity contribution in [2.75, 3.05) is 39.3 Å². The first-order valence-corrected chi connectivity index (χ1v) is 7.74. The second-order valence-corrected chi connectivity index (χ2v) is 5.35. The Bertz CT molecular complexity index is 504. The minimum atomic E-state index is -0.308. The van der Waals surface area contributed by atoms with Crippen LogP contribution in [0.4, 0.5) is 4.79 Å². The zero-order chi connectivity index (χ0) is 15.9. The van der Waals surface area contributed by atoms with E-state index in [0.717, 1.165) is 5.56 Å². The van der Waals surface area contributed by atoms with E-state index in [1.54, 1.807) is 9.80 Å². The summed E-state index contributed by atoms with van der Waals surface area (Å²) in [6.45, 7) is 5.02. The Morgan fingerprint density at radius 3 is 2.22 bits per heavy atom. The molecule has 7 heteroatoms. The lowest BCUT2D eigenvalue weighted by Gasteiger charge is -2.36. The van der Waals surface area contributed by atoms with E-state index in [1.165, 1.54) is 0 Å². The molecule has 1 unspecified atom stereocenters. The highest BCUT2D eigenvalue weighted by Crippen LogP contribution is 2.18. The van der Waals surface area contributed by atoms with Crippen LogP contribution < -0.4 is 11.1 Å². The number of nitrogens with one attached hydrogen (secondary N) is 1. The summed E-state index contributed by atoms with van der Waals surface area (Å²) in [4.78, 5) is 28.0. The van der Waals surface area contributed by atoms with E-state index in [0.29, 0.717) is 39.3 Å². The first-order chi connectivity index (χ1) is 10.7. The zero-order valence-electron chi connectivity index (χ0n) is 13.4. The Morgan fingerprint density at radius 1 is 1.13 bits per heavy atom. The smallest absolute Gasteiger partial charge is 0.317 e. The molecule has 1 saturated heterocycles. The molecule has 0 saturated carbocycles. The highest BCUT2D eigenvalue weighted by atomic mass is 35.5. The maximum Gasteiger partial charge on any atom is 0.317 e. The fourth-order valence-corrected chi connectivity index (χ4v) is 2.68. The minimum Gasteiger partial charge on any atom is -0.339 e. The predicted octanol–water partition coefficient (Wildman–Crippen LogP) is 1.02. The standard InChI is InChI=1S/C16H24N4O2.ClH/c1-2-18-16(22)20-10-8-19(9-11-20)15(21)14(12-17)13-6-4-3-5-7-13;/h3-7,14H,2,8-12,17H2,1H3,(H,18,22);1H. The summed E-state index contributed by atoms with van der Waals surface area (Å²) in [5.74, 6) is -0.263. The summed E-state index contributed by atoms with van der Waals surface area (Å²) in [5, 5.41) is 2.78. The van der Waals surface area contributed by atoms with Crippen molar-refractivity contribution in [3.63, 3.8) is 0 Å². The number of carbonyl (C=O) groups is 2. The van der Waals surface area contributed by atoms with Crippen LogP contribution in [0.25, 0.3) is 0 Å². The Morgan fingerprint density at radius 2 is 1.70 bits per heavy atom. The van der Waals surface area contributed by atoms with Gasteiger partial charge in [0.1, 0.15) is 0 Å². The van der Waals surface area contributed by atoms with Crippen LogP contribution in [0.3, 0.4) is 0 Å². The van der Waals surface area contributed by atoms with Crippen LogP contribution in [0.15, 0.2) is 30.3 Å². The fraction of sp³-hybridized carbons (Fsp3) is 0.500. The molecule has 6 nitrogen and oxygen atoms in total. The van der Waals surface area contributed by atoms with Crippen molar-refractivity contribution in [2.45, 2.75) is 12.8 Å². The number of hydrogen-bond donors (Lipinski definition) is 2. The second-order valence-electron chi connectivity index (χ2n) is 5.35. The Kier molecular flexibility index (Phi) is 7.85. The van der Waals surface area contributed by atoms with Gasteiger partial charge >= 0.3 is 6.03 Å². The molecule has 2 rings (SSSR count). The number of urea groups is 1. The number of hydrogen-bond acceptors (Lipinski definition) is 3. The Balaban J connectivity index is 0.00000264. The van der Waals surface area contributed by atoms with E-state index in [9.17, 15) is 9.59 Å². The molecular weight excluding hydrogens is 316 g/mol. The van der Waals surface area contributed by atoms with Gasteiger partial charge < -0.3 is 20.9 Å². The average Bonchev–Trinajstić information content (AvgIpc) is 2.57. The molecule has 1 aromatic rings. The number of rotatable bonds is 4. The Labute approximate surface area is 143 Å².